The number of hydrogen-bond donors (Lipinski definition) is 0. The largest absolute Gasteiger partial charge is 0.343 e. The van der Waals surface area contributed by atoms with Crippen molar-refractivity contribution in [3.05, 3.63) is 30.3 Å². The Labute approximate surface area is 154 Å². The summed E-state index contributed by atoms with van der Waals surface area (Å²) in [5, 5.41) is 0. The highest BCUT2D eigenvalue weighted by molar-refractivity contribution is 6.22. The number of amides is 3. The zero-order valence-corrected chi connectivity index (χ0v) is 15.6. The van der Waals surface area contributed by atoms with Crippen molar-refractivity contribution in [1.82, 2.24) is 9.80 Å². The molecule has 2 unspecified atom stereocenters. The highest BCUT2D eigenvalue weighted by Gasteiger charge is 2.44. The van der Waals surface area contributed by atoms with E-state index in [4.69, 9.17) is 0 Å². The second kappa shape index (κ2) is 7.99. The summed E-state index contributed by atoms with van der Waals surface area (Å²) in [7, 11) is 0. The van der Waals surface area contributed by atoms with Gasteiger partial charge < -0.3 is 4.90 Å². The minimum atomic E-state index is -0.449. The smallest absolute Gasteiger partial charge is 0.251 e. The number of rotatable bonds is 5. The van der Waals surface area contributed by atoms with Gasteiger partial charge in [-0.15, -0.1) is 0 Å². The molecule has 0 aliphatic carbocycles. The summed E-state index contributed by atoms with van der Waals surface area (Å²) in [4.78, 5) is 43.2. The van der Waals surface area contributed by atoms with E-state index in [1.165, 1.54) is 4.90 Å². The monoisotopic (exact) mass is 357 g/mol. The summed E-state index contributed by atoms with van der Waals surface area (Å²) in [6.07, 6.45) is 1.92. The van der Waals surface area contributed by atoms with Crippen LogP contribution in [0.25, 0.3) is 0 Å². The van der Waals surface area contributed by atoms with E-state index in [-0.39, 0.29) is 30.1 Å². The topological polar surface area (TPSA) is 60.9 Å². The van der Waals surface area contributed by atoms with Crippen LogP contribution in [0.1, 0.15) is 33.1 Å². The molecule has 2 aliphatic rings. The third-order valence-corrected chi connectivity index (χ3v) is 5.46. The van der Waals surface area contributed by atoms with E-state index in [0.717, 1.165) is 19.4 Å². The van der Waals surface area contributed by atoms with Gasteiger partial charge in [0.15, 0.2) is 0 Å². The molecule has 1 aromatic carbocycles. The maximum Gasteiger partial charge on any atom is 0.251 e. The van der Waals surface area contributed by atoms with Crippen LogP contribution in [-0.4, -0.2) is 59.7 Å². The second-order valence-electron chi connectivity index (χ2n) is 6.97. The molecule has 0 saturated carbocycles. The summed E-state index contributed by atoms with van der Waals surface area (Å²) >= 11 is 0. The molecular formula is C20H27N3O3. The SMILES string of the molecule is CCN(CC)C(=O)C1CCCN(C2CC(=O)N(c3ccccc3)C2=O)C1. The molecule has 3 amide bonds. The second-order valence-corrected chi connectivity index (χ2v) is 6.97. The first-order valence-corrected chi connectivity index (χ1v) is 9.51. The number of carbonyl (C=O) groups is 3. The molecule has 3 rings (SSSR count). The number of benzene rings is 1. The molecule has 0 aromatic heterocycles. The maximum absolute atomic E-state index is 12.9. The number of carbonyl (C=O) groups excluding carboxylic acids is 3. The molecular weight excluding hydrogens is 330 g/mol. The fourth-order valence-corrected chi connectivity index (χ4v) is 4.03. The number of piperidine rings is 1. The molecule has 2 aliphatic heterocycles. The minimum absolute atomic E-state index is 0.0858. The average molecular weight is 357 g/mol. The van der Waals surface area contributed by atoms with Gasteiger partial charge in [-0.2, -0.15) is 0 Å². The van der Waals surface area contributed by atoms with Gasteiger partial charge in [-0.3, -0.25) is 19.3 Å². The zero-order chi connectivity index (χ0) is 18.7. The Morgan fingerprint density at radius 1 is 1.15 bits per heavy atom. The van der Waals surface area contributed by atoms with Crippen molar-refractivity contribution in [2.75, 3.05) is 31.1 Å². The lowest BCUT2D eigenvalue weighted by atomic mass is 9.95. The van der Waals surface area contributed by atoms with E-state index in [1.807, 2.05) is 41.8 Å². The molecule has 6 heteroatoms. The molecule has 2 heterocycles. The Kier molecular flexibility index (Phi) is 5.71. The highest BCUT2D eigenvalue weighted by atomic mass is 16.2. The molecule has 26 heavy (non-hydrogen) atoms. The van der Waals surface area contributed by atoms with Gasteiger partial charge in [-0.05, 0) is 45.4 Å². The van der Waals surface area contributed by atoms with Gasteiger partial charge in [0.05, 0.1) is 24.1 Å². The number of likely N-dealkylation sites (tertiary alicyclic amines) is 1. The molecule has 2 fully saturated rings. The lowest BCUT2D eigenvalue weighted by Crippen LogP contribution is -2.50. The maximum atomic E-state index is 12.9. The van der Waals surface area contributed by atoms with Crippen LogP contribution >= 0.6 is 0 Å². The molecule has 0 spiro atoms. The van der Waals surface area contributed by atoms with E-state index < -0.39 is 6.04 Å². The predicted octanol–water partition coefficient (Wildman–Crippen LogP) is 1.90. The van der Waals surface area contributed by atoms with E-state index in [0.29, 0.717) is 25.3 Å². The molecule has 0 bridgehead atoms. The Balaban J connectivity index is 1.72. The summed E-state index contributed by atoms with van der Waals surface area (Å²) < 4.78 is 0. The summed E-state index contributed by atoms with van der Waals surface area (Å²) in [5.41, 5.74) is 0.623. The predicted molar refractivity (Wildman–Crippen MR) is 99.6 cm³/mol. The van der Waals surface area contributed by atoms with Crippen molar-refractivity contribution in [2.24, 2.45) is 5.92 Å². The van der Waals surface area contributed by atoms with Crippen LogP contribution in [0.2, 0.25) is 0 Å². The number of para-hydroxylation sites is 1. The van der Waals surface area contributed by atoms with Crippen molar-refractivity contribution in [2.45, 2.75) is 39.2 Å². The third-order valence-electron chi connectivity index (χ3n) is 5.46. The standard InChI is InChI=1S/C20H27N3O3/c1-3-21(4-2)19(25)15-9-8-12-22(14-15)17-13-18(24)23(20(17)26)16-10-6-5-7-11-16/h5-7,10-11,15,17H,3-4,8-9,12-14H2,1-2H3. The van der Waals surface area contributed by atoms with Crippen LogP contribution < -0.4 is 4.90 Å². The fraction of sp³-hybridized carbons (Fsp3) is 0.550. The zero-order valence-electron chi connectivity index (χ0n) is 15.6. The van der Waals surface area contributed by atoms with Crippen LogP contribution in [0.4, 0.5) is 5.69 Å². The number of imide groups is 1. The van der Waals surface area contributed by atoms with E-state index in [1.54, 1.807) is 12.1 Å². The fourth-order valence-electron chi connectivity index (χ4n) is 4.03. The molecule has 2 atom stereocenters. The first kappa shape index (κ1) is 18.6. The molecule has 2 saturated heterocycles. The van der Waals surface area contributed by atoms with Gasteiger partial charge >= 0.3 is 0 Å². The molecule has 1 aromatic rings. The van der Waals surface area contributed by atoms with Crippen molar-refractivity contribution >= 4 is 23.4 Å². The van der Waals surface area contributed by atoms with Gasteiger partial charge in [0.25, 0.3) is 5.91 Å². The quantitative estimate of drug-likeness (QED) is 0.755. The van der Waals surface area contributed by atoms with E-state index in [2.05, 4.69) is 0 Å². The van der Waals surface area contributed by atoms with Crippen molar-refractivity contribution < 1.29 is 14.4 Å². The minimum Gasteiger partial charge on any atom is -0.343 e. The van der Waals surface area contributed by atoms with Crippen LogP contribution in [0, 0.1) is 5.92 Å². The van der Waals surface area contributed by atoms with Crippen LogP contribution in [0.5, 0.6) is 0 Å². The van der Waals surface area contributed by atoms with Crippen molar-refractivity contribution in [3.8, 4) is 0 Å². The van der Waals surface area contributed by atoms with E-state index >= 15 is 0 Å². The Bertz CT molecular complexity index is 672. The lowest BCUT2D eigenvalue weighted by molar-refractivity contribution is -0.138. The summed E-state index contributed by atoms with van der Waals surface area (Å²) in [5.74, 6) is -0.255. The van der Waals surface area contributed by atoms with Gasteiger partial charge in [-0.1, -0.05) is 18.2 Å². The Morgan fingerprint density at radius 2 is 1.85 bits per heavy atom. The van der Waals surface area contributed by atoms with Gasteiger partial charge in [0.2, 0.25) is 11.8 Å². The molecule has 6 nitrogen and oxygen atoms in total. The normalized spacial score (nSPS) is 24.2. The van der Waals surface area contributed by atoms with Crippen molar-refractivity contribution in [1.29, 1.82) is 0 Å². The van der Waals surface area contributed by atoms with Gasteiger partial charge in [0, 0.05) is 19.6 Å². The number of nitrogens with zero attached hydrogens (tertiary/aromatic N) is 3. The molecule has 140 valence electrons. The highest BCUT2D eigenvalue weighted by Crippen LogP contribution is 2.29. The molecule has 0 N–H and O–H groups in total. The van der Waals surface area contributed by atoms with E-state index in [9.17, 15) is 14.4 Å². The third kappa shape index (κ3) is 3.51. The summed E-state index contributed by atoms with van der Waals surface area (Å²) in [6.45, 7) is 6.69. The summed E-state index contributed by atoms with van der Waals surface area (Å²) in [6, 6.07) is 8.61. The number of anilines is 1. The number of hydrogen-bond acceptors (Lipinski definition) is 4. The van der Waals surface area contributed by atoms with Crippen molar-refractivity contribution in [3.63, 3.8) is 0 Å². The van der Waals surface area contributed by atoms with Crippen LogP contribution in [0.15, 0.2) is 30.3 Å². The van der Waals surface area contributed by atoms with Crippen LogP contribution in [-0.2, 0) is 14.4 Å². The Hall–Kier alpha value is -2.21. The first-order valence-electron chi connectivity index (χ1n) is 9.51. The van der Waals surface area contributed by atoms with Crippen LogP contribution in [0.3, 0.4) is 0 Å². The Morgan fingerprint density at radius 3 is 2.50 bits per heavy atom. The van der Waals surface area contributed by atoms with Gasteiger partial charge in [-0.25, -0.2) is 4.90 Å². The average Bonchev–Trinajstić information content (AvgIpc) is 2.97. The first-order chi connectivity index (χ1) is 12.6. The lowest BCUT2D eigenvalue weighted by Gasteiger charge is -2.36. The van der Waals surface area contributed by atoms with Gasteiger partial charge in [0.1, 0.15) is 0 Å². The molecule has 0 radical (unpaired) electrons.